The van der Waals surface area contributed by atoms with Crippen LogP contribution in [-0.2, 0) is 0 Å². The summed E-state index contributed by atoms with van der Waals surface area (Å²) >= 11 is 1.43. The van der Waals surface area contributed by atoms with Crippen LogP contribution in [0.5, 0.6) is 0 Å². The Morgan fingerprint density at radius 1 is 1.58 bits per heavy atom. The van der Waals surface area contributed by atoms with Crippen LogP contribution >= 0.6 is 11.3 Å². The van der Waals surface area contributed by atoms with Gasteiger partial charge in [-0.3, -0.25) is 4.79 Å². The fraction of sp³-hybridized carbons (Fsp3) is 0.533. The van der Waals surface area contributed by atoms with Gasteiger partial charge in [-0.1, -0.05) is 18.8 Å². The van der Waals surface area contributed by atoms with Crippen molar-refractivity contribution in [2.24, 2.45) is 5.92 Å². The van der Waals surface area contributed by atoms with E-state index in [9.17, 15) is 4.79 Å². The maximum atomic E-state index is 12.5. The average Bonchev–Trinajstić information content (AvgIpc) is 3.10. The van der Waals surface area contributed by atoms with E-state index in [4.69, 9.17) is 5.11 Å². The van der Waals surface area contributed by atoms with E-state index in [2.05, 4.69) is 18.8 Å². The van der Waals surface area contributed by atoms with Crippen LogP contribution in [0.25, 0.3) is 0 Å². The molecule has 0 bridgehead atoms. The van der Waals surface area contributed by atoms with Crippen LogP contribution in [0.15, 0.2) is 11.4 Å². The van der Waals surface area contributed by atoms with Gasteiger partial charge in [-0.15, -0.1) is 11.3 Å². The van der Waals surface area contributed by atoms with Crippen LogP contribution in [0.3, 0.4) is 0 Å². The number of aliphatic hydroxyl groups is 1. The van der Waals surface area contributed by atoms with E-state index in [1.165, 1.54) is 24.2 Å². The summed E-state index contributed by atoms with van der Waals surface area (Å²) < 4.78 is 0. The van der Waals surface area contributed by atoms with Gasteiger partial charge < -0.3 is 10.0 Å². The molecule has 1 N–H and O–H groups in total. The first-order chi connectivity index (χ1) is 9.26. The van der Waals surface area contributed by atoms with Gasteiger partial charge in [0, 0.05) is 18.7 Å². The number of nitrogens with zero attached hydrogens (tertiary/aromatic N) is 1. The lowest BCUT2D eigenvalue weighted by Crippen LogP contribution is -2.33. The molecule has 0 unspecified atom stereocenters. The third kappa shape index (κ3) is 3.82. The molecule has 1 aromatic heterocycles. The number of amides is 1. The molecular weight excluding hydrogens is 258 g/mol. The van der Waals surface area contributed by atoms with Crippen LogP contribution in [-0.4, -0.2) is 35.6 Å². The Hall–Kier alpha value is -1.31. The Kier molecular flexibility index (Phi) is 5.00. The molecule has 1 fully saturated rings. The fourth-order valence-electron chi connectivity index (χ4n) is 2.01. The molecule has 2 rings (SSSR count). The number of aliphatic hydroxyl groups excluding tert-OH is 1. The molecule has 1 heterocycles. The largest absolute Gasteiger partial charge is 0.384 e. The molecule has 4 heteroatoms. The summed E-state index contributed by atoms with van der Waals surface area (Å²) in [6.45, 7) is 3.59. The molecule has 0 saturated heterocycles. The van der Waals surface area contributed by atoms with Crippen molar-refractivity contribution < 1.29 is 9.90 Å². The molecule has 3 nitrogen and oxygen atoms in total. The number of hydrogen-bond acceptors (Lipinski definition) is 3. The van der Waals surface area contributed by atoms with Gasteiger partial charge in [-0.25, -0.2) is 0 Å². The van der Waals surface area contributed by atoms with Crippen molar-refractivity contribution in [1.29, 1.82) is 0 Å². The molecule has 1 saturated carbocycles. The van der Waals surface area contributed by atoms with Gasteiger partial charge in [-0.05, 0) is 36.6 Å². The first kappa shape index (κ1) is 14.1. The molecule has 1 aromatic rings. The maximum Gasteiger partial charge on any atom is 0.265 e. The van der Waals surface area contributed by atoms with Gasteiger partial charge in [0.15, 0.2) is 0 Å². The summed E-state index contributed by atoms with van der Waals surface area (Å²) in [7, 11) is 0. The third-order valence-corrected chi connectivity index (χ3v) is 4.02. The number of carbonyl (C=O) groups is 1. The minimum atomic E-state index is -0.176. The van der Waals surface area contributed by atoms with Crippen LogP contribution < -0.4 is 0 Å². The van der Waals surface area contributed by atoms with Crippen molar-refractivity contribution in [1.82, 2.24) is 4.90 Å². The van der Waals surface area contributed by atoms with Gasteiger partial charge in [0.25, 0.3) is 5.91 Å². The zero-order valence-corrected chi connectivity index (χ0v) is 12.0. The maximum absolute atomic E-state index is 12.5. The van der Waals surface area contributed by atoms with Crippen LogP contribution in [0.4, 0.5) is 0 Å². The normalized spacial score (nSPS) is 13.8. The minimum absolute atomic E-state index is 0.0889. The van der Waals surface area contributed by atoms with Gasteiger partial charge in [0.05, 0.1) is 0 Å². The minimum Gasteiger partial charge on any atom is -0.384 e. The molecular formula is C15H19NO2S. The second kappa shape index (κ2) is 6.74. The zero-order chi connectivity index (χ0) is 13.7. The second-order valence-electron chi connectivity index (χ2n) is 4.82. The SMILES string of the molecule is CCCN(CC1CC1)C(=O)c1sccc1C#CCO. The summed E-state index contributed by atoms with van der Waals surface area (Å²) in [6, 6.07) is 1.85. The molecule has 0 aromatic carbocycles. The second-order valence-corrected chi connectivity index (χ2v) is 5.73. The van der Waals surface area contributed by atoms with E-state index in [0.29, 0.717) is 10.8 Å². The highest BCUT2D eigenvalue weighted by molar-refractivity contribution is 7.12. The summed E-state index contributed by atoms with van der Waals surface area (Å²) in [4.78, 5) is 15.2. The lowest BCUT2D eigenvalue weighted by atomic mass is 10.2. The summed E-state index contributed by atoms with van der Waals surface area (Å²) in [5, 5.41) is 10.6. The van der Waals surface area contributed by atoms with E-state index in [1.54, 1.807) is 0 Å². The predicted octanol–water partition coefficient (Wildman–Crippen LogP) is 2.35. The van der Waals surface area contributed by atoms with Crippen molar-refractivity contribution in [2.45, 2.75) is 26.2 Å². The van der Waals surface area contributed by atoms with E-state index < -0.39 is 0 Å². The van der Waals surface area contributed by atoms with Gasteiger partial charge >= 0.3 is 0 Å². The Balaban J connectivity index is 2.13. The van der Waals surface area contributed by atoms with Crippen LogP contribution in [0, 0.1) is 17.8 Å². The highest BCUT2D eigenvalue weighted by Gasteiger charge is 2.28. The van der Waals surface area contributed by atoms with Crippen molar-refractivity contribution in [3.8, 4) is 11.8 Å². The number of hydrogen-bond donors (Lipinski definition) is 1. The molecule has 0 aliphatic heterocycles. The molecule has 19 heavy (non-hydrogen) atoms. The Labute approximate surface area is 118 Å². The van der Waals surface area contributed by atoms with Gasteiger partial charge in [0.1, 0.15) is 11.5 Å². The highest BCUT2D eigenvalue weighted by Crippen LogP contribution is 2.30. The Morgan fingerprint density at radius 3 is 3.00 bits per heavy atom. The van der Waals surface area contributed by atoms with Crippen molar-refractivity contribution in [3.05, 3.63) is 21.9 Å². The fourth-order valence-corrected chi connectivity index (χ4v) is 2.83. The molecule has 0 radical (unpaired) electrons. The molecule has 0 spiro atoms. The first-order valence-corrected chi connectivity index (χ1v) is 7.60. The standard InChI is InChI=1S/C15H19NO2S/c1-2-8-16(11-12-5-6-12)15(18)14-13(4-3-9-17)7-10-19-14/h7,10,12,17H,2,5-6,8-9,11H2,1H3. The molecule has 1 amide bonds. The lowest BCUT2D eigenvalue weighted by molar-refractivity contribution is 0.0752. The summed E-state index contributed by atoms with van der Waals surface area (Å²) in [6.07, 6.45) is 3.46. The van der Waals surface area contributed by atoms with Crippen molar-refractivity contribution >= 4 is 17.2 Å². The van der Waals surface area contributed by atoms with Crippen LogP contribution in [0.2, 0.25) is 0 Å². The smallest absolute Gasteiger partial charge is 0.265 e. The van der Waals surface area contributed by atoms with E-state index in [1.807, 2.05) is 16.3 Å². The summed E-state index contributed by atoms with van der Waals surface area (Å²) in [5.74, 6) is 6.25. The number of carbonyl (C=O) groups excluding carboxylic acids is 1. The number of rotatable bonds is 5. The van der Waals surface area contributed by atoms with Gasteiger partial charge in [-0.2, -0.15) is 0 Å². The third-order valence-electron chi connectivity index (χ3n) is 3.12. The quantitative estimate of drug-likeness (QED) is 0.839. The lowest BCUT2D eigenvalue weighted by Gasteiger charge is -2.21. The van der Waals surface area contributed by atoms with E-state index in [-0.39, 0.29) is 12.5 Å². The van der Waals surface area contributed by atoms with Crippen molar-refractivity contribution in [3.63, 3.8) is 0 Å². The van der Waals surface area contributed by atoms with Crippen LogP contribution in [0.1, 0.15) is 41.4 Å². The zero-order valence-electron chi connectivity index (χ0n) is 11.2. The highest BCUT2D eigenvalue weighted by atomic mass is 32.1. The molecule has 0 atom stereocenters. The molecule has 1 aliphatic carbocycles. The van der Waals surface area contributed by atoms with Crippen molar-refractivity contribution in [2.75, 3.05) is 19.7 Å². The number of thiophene rings is 1. The van der Waals surface area contributed by atoms with E-state index in [0.717, 1.165) is 25.1 Å². The average molecular weight is 277 g/mol. The van der Waals surface area contributed by atoms with E-state index >= 15 is 0 Å². The topological polar surface area (TPSA) is 40.5 Å². The monoisotopic (exact) mass is 277 g/mol. The predicted molar refractivity (Wildman–Crippen MR) is 77.2 cm³/mol. The molecule has 102 valence electrons. The Bertz CT molecular complexity index is 494. The Morgan fingerprint density at radius 2 is 2.37 bits per heavy atom. The van der Waals surface area contributed by atoms with Gasteiger partial charge in [0.2, 0.25) is 0 Å². The summed E-state index contributed by atoms with van der Waals surface area (Å²) in [5.41, 5.74) is 0.737. The first-order valence-electron chi connectivity index (χ1n) is 6.72. The molecule has 1 aliphatic rings.